The van der Waals surface area contributed by atoms with Gasteiger partial charge in [-0.05, 0) is 30.9 Å². The summed E-state index contributed by atoms with van der Waals surface area (Å²) < 4.78 is 5.85. The Balaban J connectivity index is 1.95. The summed E-state index contributed by atoms with van der Waals surface area (Å²) in [5.74, 6) is -0.801. The first-order valence-electron chi connectivity index (χ1n) is 8.16. The molecule has 2 heterocycles. The van der Waals surface area contributed by atoms with Crippen molar-refractivity contribution in [2.75, 3.05) is 6.61 Å². The molecule has 0 aromatic carbocycles. The summed E-state index contributed by atoms with van der Waals surface area (Å²) in [5.41, 5.74) is 0.307. The number of hydrogen-bond donors (Lipinski definition) is 2. The quantitative estimate of drug-likeness (QED) is 0.840. The van der Waals surface area contributed by atoms with Crippen LogP contribution in [0, 0.1) is 5.92 Å². The molecule has 0 bridgehead atoms. The van der Waals surface area contributed by atoms with Gasteiger partial charge >= 0.3 is 5.97 Å². The van der Waals surface area contributed by atoms with Crippen LogP contribution in [0.3, 0.4) is 0 Å². The highest BCUT2D eigenvalue weighted by atomic mass is 16.5. The monoisotopic (exact) mass is 320 g/mol. The molecule has 1 aliphatic rings. The van der Waals surface area contributed by atoms with Gasteiger partial charge in [-0.25, -0.2) is 9.78 Å². The molecule has 2 N–H and O–H groups in total. The molecule has 2 rings (SSSR count). The molecule has 1 saturated heterocycles. The van der Waals surface area contributed by atoms with E-state index in [2.05, 4.69) is 24.1 Å². The summed E-state index contributed by atoms with van der Waals surface area (Å²) in [6.45, 7) is 4.98. The van der Waals surface area contributed by atoms with Crippen molar-refractivity contribution < 1.29 is 19.4 Å². The van der Waals surface area contributed by atoms with E-state index >= 15 is 0 Å². The number of rotatable bonds is 6. The molecule has 0 saturated carbocycles. The van der Waals surface area contributed by atoms with Crippen LogP contribution in [0.2, 0.25) is 0 Å². The van der Waals surface area contributed by atoms with Gasteiger partial charge in [0.25, 0.3) is 5.91 Å². The summed E-state index contributed by atoms with van der Waals surface area (Å²) in [4.78, 5) is 26.8. The van der Waals surface area contributed by atoms with Crippen molar-refractivity contribution in [2.24, 2.45) is 5.92 Å². The number of aromatic nitrogens is 1. The van der Waals surface area contributed by atoms with Crippen LogP contribution in [0.4, 0.5) is 0 Å². The van der Waals surface area contributed by atoms with Gasteiger partial charge in [-0.1, -0.05) is 26.7 Å². The van der Waals surface area contributed by atoms with Crippen molar-refractivity contribution in [1.82, 2.24) is 10.3 Å². The second kappa shape index (κ2) is 8.06. The highest BCUT2D eigenvalue weighted by molar-refractivity contribution is 5.95. The van der Waals surface area contributed by atoms with Crippen molar-refractivity contribution in [3.63, 3.8) is 0 Å². The van der Waals surface area contributed by atoms with Crippen LogP contribution in [0.15, 0.2) is 18.3 Å². The van der Waals surface area contributed by atoms with Crippen molar-refractivity contribution in [3.8, 4) is 0 Å². The summed E-state index contributed by atoms with van der Waals surface area (Å²) in [5, 5.41) is 11.8. The maximum Gasteiger partial charge on any atom is 0.354 e. The van der Waals surface area contributed by atoms with Crippen LogP contribution in [0.1, 0.15) is 60.4 Å². The lowest BCUT2D eigenvalue weighted by Gasteiger charge is -2.34. The lowest BCUT2D eigenvalue weighted by Crippen LogP contribution is -2.44. The second-order valence-electron chi connectivity index (χ2n) is 5.92. The number of hydrogen-bond acceptors (Lipinski definition) is 4. The molecule has 0 spiro atoms. The Morgan fingerprint density at radius 2 is 2.13 bits per heavy atom. The number of carboxylic acid groups (broad SMARTS) is 1. The maximum atomic E-state index is 12.3. The fourth-order valence-electron chi connectivity index (χ4n) is 3.03. The topological polar surface area (TPSA) is 88.5 Å². The van der Waals surface area contributed by atoms with Crippen LogP contribution >= 0.6 is 0 Å². The normalized spacial score (nSPS) is 21.2. The molecule has 6 nitrogen and oxygen atoms in total. The van der Waals surface area contributed by atoms with Gasteiger partial charge in [-0.3, -0.25) is 4.79 Å². The number of carbonyl (C=O) groups excluding carboxylic acids is 1. The van der Waals surface area contributed by atoms with Gasteiger partial charge in [0.1, 0.15) is 5.69 Å². The van der Waals surface area contributed by atoms with Crippen molar-refractivity contribution in [3.05, 3.63) is 29.6 Å². The molecule has 6 heteroatoms. The third-order valence-electron chi connectivity index (χ3n) is 4.47. The lowest BCUT2D eigenvalue weighted by molar-refractivity contribution is -0.0337. The van der Waals surface area contributed by atoms with Gasteiger partial charge in [0.15, 0.2) is 0 Å². The van der Waals surface area contributed by atoms with Gasteiger partial charge in [0, 0.05) is 18.8 Å². The number of amides is 1. The van der Waals surface area contributed by atoms with E-state index in [-0.39, 0.29) is 23.7 Å². The maximum absolute atomic E-state index is 12.3. The summed E-state index contributed by atoms with van der Waals surface area (Å²) >= 11 is 0. The molecule has 1 aromatic heterocycles. The molecule has 2 unspecified atom stereocenters. The van der Waals surface area contributed by atoms with Crippen LogP contribution in [-0.2, 0) is 4.74 Å². The number of ether oxygens (including phenoxy) is 1. The summed E-state index contributed by atoms with van der Waals surface area (Å²) in [6, 6.07) is 2.92. The second-order valence-corrected chi connectivity index (χ2v) is 5.92. The first-order chi connectivity index (χ1) is 11.0. The fraction of sp³-hybridized carbons (Fsp3) is 0.588. The SMILES string of the molecule is CCC(CC)C1CC(NC(=O)c2ccc(C(=O)O)nc2)CCO1. The van der Waals surface area contributed by atoms with Gasteiger partial charge < -0.3 is 15.2 Å². The van der Waals surface area contributed by atoms with Gasteiger partial charge in [-0.15, -0.1) is 0 Å². The van der Waals surface area contributed by atoms with Crippen LogP contribution in [-0.4, -0.2) is 40.7 Å². The van der Waals surface area contributed by atoms with E-state index in [9.17, 15) is 9.59 Å². The number of pyridine rings is 1. The molecule has 0 radical (unpaired) electrons. The standard InChI is InChI=1S/C17H24N2O4/c1-3-11(4-2)15-9-13(7-8-23-15)19-16(20)12-5-6-14(17(21)22)18-10-12/h5-6,10-11,13,15H,3-4,7-9H2,1-2H3,(H,19,20)(H,21,22). The number of carboxylic acids is 1. The Morgan fingerprint density at radius 3 is 2.70 bits per heavy atom. The van der Waals surface area contributed by atoms with E-state index in [1.165, 1.54) is 18.3 Å². The summed E-state index contributed by atoms with van der Waals surface area (Å²) in [6.07, 6.45) is 5.25. The molecule has 1 amide bonds. The zero-order valence-corrected chi connectivity index (χ0v) is 13.6. The van der Waals surface area contributed by atoms with Crippen molar-refractivity contribution in [2.45, 2.75) is 51.7 Å². The van der Waals surface area contributed by atoms with Gasteiger partial charge in [-0.2, -0.15) is 0 Å². The first kappa shape index (κ1) is 17.4. The molecular formula is C17H24N2O4. The highest BCUT2D eigenvalue weighted by Gasteiger charge is 2.28. The Morgan fingerprint density at radius 1 is 1.39 bits per heavy atom. The molecule has 1 aliphatic heterocycles. The number of nitrogens with zero attached hydrogens (tertiary/aromatic N) is 1. The van der Waals surface area contributed by atoms with Gasteiger partial charge in [0.2, 0.25) is 0 Å². The fourth-order valence-corrected chi connectivity index (χ4v) is 3.03. The van der Waals surface area contributed by atoms with Crippen LogP contribution in [0.5, 0.6) is 0 Å². The molecule has 0 aliphatic carbocycles. The molecule has 1 aromatic rings. The van der Waals surface area contributed by atoms with Crippen LogP contribution in [0.25, 0.3) is 0 Å². The zero-order chi connectivity index (χ0) is 16.8. The van der Waals surface area contributed by atoms with E-state index in [0.717, 1.165) is 25.7 Å². The Bertz CT molecular complexity index is 540. The Hall–Kier alpha value is -1.95. The Kier molecular flexibility index (Phi) is 6.10. The average molecular weight is 320 g/mol. The number of aromatic carboxylic acids is 1. The minimum absolute atomic E-state index is 0.0681. The van der Waals surface area contributed by atoms with E-state index in [0.29, 0.717) is 18.1 Å². The van der Waals surface area contributed by atoms with E-state index in [1.54, 1.807) is 0 Å². The minimum Gasteiger partial charge on any atom is -0.477 e. The molecule has 2 atom stereocenters. The smallest absolute Gasteiger partial charge is 0.354 e. The van der Waals surface area contributed by atoms with E-state index in [4.69, 9.17) is 9.84 Å². The zero-order valence-electron chi connectivity index (χ0n) is 13.6. The van der Waals surface area contributed by atoms with Crippen LogP contribution < -0.4 is 5.32 Å². The van der Waals surface area contributed by atoms with E-state index < -0.39 is 5.97 Å². The number of carbonyl (C=O) groups is 2. The third kappa shape index (κ3) is 4.51. The summed E-state index contributed by atoms with van der Waals surface area (Å²) in [7, 11) is 0. The average Bonchev–Trinajstić information content (AvgIpc) is 2.56. The first-order valence-corrected chi connectivity index (χ1v) is 8.16. The molecular weight excluding hydrogens is 296 g/mol. The number of nitrogens with one attached hydrogen (secondary N) is 1. The van der Waals surface area contributed by atoms with Crippen molar-refractivity contribution in [1.29, 1.82) is 0 Å². The largest absolute Gasteiger partial charge is 0.477 e. The molecule has 1 fully saturated rings. The molecule has 23 heavy (non-hydrogen) atoms. The minimum atomic E-state index is -1.10. The van der Waals surface area contributed by atoms with Gasteiger partial charge in [0.05, 0.1) is 11.7 Å². The van der Waals surface area contributed by atoms with Crippen molar-refractivity contribution >= 4 is 11.9 Å². The predicted molar refractivity (Wildman–Crippen MR) is 85.5 cm³/mol. The lowest BCUT2D eigenvalue weighted by atomic mass is 9.89. The third-order valence-corrected chi connectivity index (χ3v) is 4.47. The van der Waals surface area contributed by atoms with E-state index in [1.807, 2.05) is 0 Å². The molecule has 126 valence electrons. The highest BCUT2D eigenvalue weighted by Crippen LogP contribution is 2.25. The predicted octanol–water partition coefficient (Wildman–Crippen LogP) is 2.49. The Labute approximate surface area is 136 Å².